The highest BCUT2D eigenvalue weighted by molar-refractivity contribution is 8.15. The Balaban J connectivity index is 3.29. The van der Waals surface area contributed by atoms with Gasteiger partial charge in [-0.1, -0.05) is 48.7 Å². The molecule has 1 rings (SSSR count). The average molecular weight is 396 g/mol. The molecule has 0 aliphatic heterocycles. The van der Waals surface area contributed by atoms with E-state index in [0.717, 1.165) is 8.02 Å². The smallest absolute Gasteiger partial charge is 0.194 e. The Labute approximate surface area is 143 Å². The van der Waals surface area contributed by atoms with Crippen molar-refractivity contribution in [1.82, 2.24) is 4.31 Å². The Hall–Kier alpha value is 0.0800. The van der Waals surface area contributed by atoms with Crippen LogP contribution in [0.2, 0.25) is 5.02 Å². The second-order valence-corrected chi connectivity index (χ2v) is 9.07. The molecular weight excluding hydrogens is 382 g/mol. The van der Waals surface area contributed by atoms with Crippen LogP contribution < -0.4 is 3.71 Å². The van der Waals surface area contributed by atoms with Gasteiger partial charge in [-0.2, -0.15) is 20.8 Å². The van der Waals surface area contributed by atoms with Crippen molar-refractivity contribution < 1.29 is 12.8 Å². The number of benzene rings is 1. The van der Waals surface area contributed by atoms with Crippen LogP contribution in [0.15, 0.2) is 24.3 Å². The molecule has 0 amide bonds. The molecular formula is C11H14Cl3FN2O2S2. The molecule has 0 aliphatic rings. The molecule has 0 spiro atoms. The number of halogens is 4. The minimum Gasteiger partial charge on any atom is -0.194 e. The summed E-state index contributed by atoms with van der Waals surface area (Å²) < 4.78 is 37.8. The van der Waals surface area contributed by atoms with E-state index in [2.05, 4.69) is 0 Å². The largest absolute Gasteiger partial charge is 0.324 e. The summed E-state index contributed by atoms with van der Waals surface area (Å²) in [6.07, 6.45) is 0. The quantitative estimate of drug-likeness (QED) is 0.506. The van der Waals surface area contributed by atoms with Gasteiger partial charge in [0, 0.05) is 30.1 Å². The maximum absolute atomic E-state index is 13.5. The minimum absolute atomic E-state index is 0.152. The van der Waals surface area contributed by atoms with Crippen LogP contribution in [0.5, 0.6) is 0 Å². The molecule has 0 radical (unpaired) electrons. The van der Waals surface area contributed by atoms with E-state index in [1.54, 1.807) is 13.8 Å². The van der Waals surface area contributed by atoms with Crippen LogP contribution >= 0.6 is 46.8 Å². The monoisotopic (exact) mass is 394 g/mol. The predicted molar refractivity (Wildman–Crippen MR) is 88.9 cm³/mol. The number of hydrogen-bond acceptors (Lipinski definition) is 3. The molecule has 0 unspecified atom stereocenters. The van der Waals surface area contributed by atoms with Gasteiger partial charge in [0.25, 0.3) is 0 Å². The lowest BCUT2D eigenvalue weighted by atomic mass is 10.3. The maximum Gasteiger partial charge on any atom is 0.324 e. The molecule has 4 nitrogen and oxygen atoms in total. The van der Waals surface area contributed by atoms with E-state index < -0.39 is 14.1 Å². The molecule has 0 heterocycles. The highest BCUT2D eigenvalue weighted by atomic mass is 35.5. The Morgan fingerprint density at radius 1 is 1.19 bits per heavy atom. The van der Waals surface area contributed by atoms with Gasteiger partial charge in [0.1, 0.15) is 0 Å². The third kappa shape index (κ3) is 5.33. The highest BCUT2D eigenvalue weighted by Gasteiger charge is 2.37. The average Bonchev–Trinajstić information content (AvgIpc) is 2.37. The van der Waals surface area contributed by atoms with Crippen molar-refractivity contribution in [2.75, 3.05) is 16.8 Å². The van der Waals surface area contributed by atoms with Crippen molar-refractivity contribution in [3.63, 3.8) is 0 Å². The van der Waals surface area contributed by atoms with E-state index in [9.17, 15) is 12.8 Å². The lowest BCUT2D eigenvalue weighted by Crippen LogP contribution is -2.41. The molecule has 120 valence electrons. The van der Waals surface area contributed by atoms with Crippen LogP contribution in [0.25, 0.3) is 0 Å². The fourth-order valence-electron chi connectivity index (χ4n) is 1.54. The summed E-state index contributed by atoms with van der Waals surface area (Å²) in [6, 6.07) is 5.86. The maximum atomic E-state index is 13.5. The second-order valence-electron chi connectivity index (χ2n) is 3.83. The van der Waals surface area contributed by atoms with Crippen molar-refractivity contribution >= 4 is 62.6 Å². The zero-order valence-electron chi connectivity index (χ0n) is 11.3. The van der Waals surface area contributed by atoms with Crippen LogP contribution in [-0.4, -0.2) is 29.7 Å². The summed E-state index contributed by atoms with van der Waals surface area (Å²) in [5.41, 5.74) is 0.194. The molecule has 0 fully saturated rings. The van der Waals surface area contributed by atoms with Crippen molar-refractivity contribution in [1.29, 1.82) is 0 Å². The number of nitrogens with zero attached hydrogens (tertiary/aromatic N) is 2. The van der Waals surface area contributed by atoms with Crippen LogP contribution in [0, 0.1) is 0 Å². The first-order valence-electron chi connectivity index (χ1n) is 5.93. The molecule has 0 N–H and O–H groups in total. The van der Waals surface area contributed by atoms with Crippen LogP contribution in [0.3, 0.4) is 0 Å². The van der Waals surface area contributed by atoms with Gasteiger partial charge in [-0.3, -0.25) is 0 Å². The number of rotatable bonds is 7. The first-order valence-corrected chi connectivity index (χ1v) is 9.24. The summed E-state index contributed by atoms with van der Waals surface area (Å²) in [5.74, 6) is 0. The van der Waals surface area contributed by atoms with Crippen LogP contribution in [-0.2, 0) is 10.2 Å². The molecule has 1 aromatic rings. The Morgan fingerprint density at radius 3 is 2.05 bits per heavy atom. The van der Waals surface area contributed by atoms with E-state index in [4.69, 9.17) is 34.8 Å². The van der Waals surface area contributed by atoms with Crippen molar-refractivity contribution in [3.8, 4) is 0 Å². The molecule has 0 saturated carbocycles. The minimum atomic E-state index is -3.98. The van der Waals surface area contributed by atoms with Gasteiger partial charge in [-0.25, -0.2) is 0 Å². The van der Waals surface area contributed by atoms with E-state index in [-0.39, 0.29) is 30.7 Å². The van der Waals surface area contributed by atoms with E-state index in [0.29, 0.717) is 5.02 Å². The Morgan fingerprint density at radius 2 is 1.67 bits per heavy atom. The Bertz CT molecular complexity index is 560. The van der Waals surface area contributed by atoms with Gasteiger partial charge in [-0.15, -0.1) is 0 Å². The molecule has 1 aromatic carbocycles. The van der Waals surface area contributed by atoms with Crippen LogP contribution in [0.4, 0.5) is 10.1 Å². The third-order valence-electron chi connectivity index (χ3n) is 2.47. The van der Waals surface area contributed by atoms with Crippen molar-refractivity contribution in [2.24, 2.45) is 0 Å². The first kappa shape index (κ1) is 19.1. The predicted octanol–water partition coefficient (Wildman–Crippen LogP) is 4.44. The summed E-state index contributed by atoms with van der Waals surface area (Å²) in [5, 5.41) is 0.423. The molecule has 0 saturated heterocycles. The summed E-state index contributed by atoms with van der Waals surface area (Å²) in [4.78, 5) is 0. The molecule has 21 heavy (non-hydrogen) atoms. The number of anilines is 1. The van der Waals surface area contributed by atoms with E-state index in [1.165, 1.54) is 24.3 Å². The van der Waals surface area contributed by atoms with Gasteiger partial charge < -0.3 is 0 Å². The molecule has 0 aromatic heterocycles. The van der Waals surface area contributed by atoms with Crippen molar-refractivity contribution in [3.05, 3.63) is 29.3 Å². The van der Waals surface area contributed by atoms with Crippen LogP contribution in [0.1, 0.15) is 13.8 Å². The SMILES string of the molecule is CCN(CC)S(=O)(=O)N(SC(F)(Cl)Cl)c1ccc(Cl)cc1. The first-order chi connectivity index (χ1) is 9.61. The Kier molecular flexibility index (Phi) is 6.89. The van der Waals surface area contributed by atoms with Gasteiger partial charge in [-0.05, 0) is 24.3 Å². The fourth-order valence-corrected chi connectivity index (χ4v) is 4.96. The lowest BCUT2D eigenvalue weighted by molar-refractivity contribution is 0.446. The highest BCUT2D eigenvalue weighted by Crippen LogP contribution is 2.43. The van der Waals surface area contributed by atoms with Gasteiger partial charge in [0.2, 0.25) is 0 Å². The summed E-state index contributed by atoms with van der Waals surface area (Å²) in [6.45, 7) is 3.81. The number of alkyl halides is 3. The third-order valence-corrected chi connectivity index (χ3v) is 6.30. The molecule has 0 atom stereocenters. The zero-order chi connectivity index (χ0) is 16.3. The molecule has 10 heteroatoms. The van der Waals surface area contributed by atoms with Gasteiger partial charge in [0.05, 0.1) is 5.69 Å². The lowest BCUT2D eigenvalue weighted by Gasteiger charge is -2.30. The molecule has 0 bridgehead atoms. The topological polar surface area (TPSA) is 40.6 Å². The van der Waals surface area contributed by atoms with Gasteiger partial charge in [0.15, 0.2) is 0 Å². The normalized spacial score (nSPS) is 12.7. The van der Waals surface area contributed by atoms with E-state index >= 15 is 0 Å². The van der Waals surface area contributed by atoms with E-state index in [1.807, 2.05) is 0 Å². The second kappa shape index (κ2) is 7.57. The van der Waals surface area contributed by atoms with Gasteiger partial charge >= 0.3 is 14.1 Å². The fraction of sp³-hybridized carbons (Fsp3) is 0.455. The number of hydrogen-bond donors (Lipinski definition) is 0. The van der Waals surface area contributed by atoms with Crippen molar-refractivity contribution in [2.45, 2.75) is 17.8 Å². The summed E-state index contributed by atoms with van der Waals surface area (Å²) in [7, 11) is -3.98. The zero-order valence-corrected chi connectivity index (χ0v) is 15.2. The molecule has 0 aliphatic carbocycles. The standard InChI is InChI=1S/C11H14Cl3FN2O2S2/c1-3-16(4-2)21(18,19)17(20-11(13,14)15)10-7-5-9(12)6-8-10/h5-8H,3-4H2,1-2H3. The summed E-state index contributed by atoms with van der Waals surface area (Å²) >= 11 is 16.6.